The maximum absolute atomic E-state index is 12.4. The van der Waals surface area contributed by atoms with Gasteiger partial charge in [0.05, 0.1) is 25.4 Å². The van der Waals surface area contributed by atoms with Crippen LogP contribution in [-0.2, 0) is 14.3 Å². The summed E-state index contributed by atoms with van der Waals surface area (Å²) in [5.74, 6) is -0.0227. The molecule has 2 unspecified atom stereocenters. The molecule has 0 heterocycles. The number of aliphatic hydroxyl groups is 2. The molecular weight excluding hydrogens is 947 g/mol. The molecule has 0 aliphatic heterocycles. The highest BCUT2D eigenvalue weighted by Gasteiger charge is 2.20. The van der Waals surface area contributed by atoms with Crippen LogP contribution in [0.4, 0.5) is 0 Å². The van der Waals surface area contributed by atoms with Crippen LogP contribution < -0.4 is 5.32 Å². The molecule has 1 amide bonds. The Kier molecular flexibility index (Phi) is 64.9. The maximum Gasteiger partial charge on any atom is 0.305 e. The minimum atomic E-state index is -0.659. The SMILES string of the molecule is CCCCC/C=C\CCCCCCCC(=O)OCCCCCCCCCCCCCCCCC/C=C\C/C=C\CCCCCCCCCCCCCCCCCCCC(=O)NC(CO)C(O)CCCCCCCCCCC. The van der Waals surface area contributed by atoms with E-state index in [1.807, 2.05) is 0 Å². The molecule has 0 radical (unpaired) electrons. The zero-order chi connectivity index (χ0) is 55.7. The second-order valence-electron chi connectivity index (χ2n) is 23.9. The molecule has 0 spiro atoms. The predicted molar refractivity (Wildman–Crippen MR) is 338 cm³/mol. The standard InChI is InChI=1S/C71H135NO5/c1-3-5-7-9-11-13-14-45-49-53-57-61-65-71(76)77-66-62-58-54-50-46-43-41-39-37-35-33-31-29-27-25-23-21-19-17-15-16-18-20-22-24-26-28-30-32-34-36-38-40-42-44-48-52-56-60-64-70(75)72-68(67-73)69(74)63-59-55-51-47-12-10-8-6-4-2/h11,13,15-16,19,21,68-69,73-74H,3-10,12,14,17-18,20,22-67H2,1-2H3,(H,72,75)/b13-11-,16-15-,21-19-. The second kappa shape index (κ2) is 66.6. The van der Waals surface area contributed by atoms with E-state index in [0.29, 0.717) is 25.9 Å². The quantitative estimate of drug-likeness (QED) is 0.0320. The Hall–Kier alpha value is -1.92. The van der Waals surface area contributed by atoms with Crippen molar-refractivity contribution in [2.24, 2.45) is 0 Å². The van der Waals surface area contributed by atoms with Crippen molar-refractivity contribution < 1.29 is 24.5 Å². The molecule has 6 heteroatoms. The Morgan fingerprint density at radius 3 is 1.03 bits per heavy atom. The second-order valence-corrected chi connectivity index (χ2v) is 23.9. The van der Waals surface area contributed by atoms with E-state index in [-0.39, 0.29) is 18.5 Å². The molecule has 3 N–H and O–H groups in total. The van der Waals surface area contributed by atoms with Crippen molar-refractivity contribution in [1.82, 2.24) is 5.32 Å². The van der Waals surface area contributed by atoms with E-state index < -0.39 is 12.1 Å². The van der Waals surface area contributed by atoms with Gasteiger partial charge in [-0.05, 0) is 83.5 Å². The molecule has 2 atom stereocenters. The highest BCUT2D eigenvalue weighted by Crippen LogP contribution is 2.18. The number of rotatable bonds is 65. The number of amides is 1. The number of esters is 1. The fraction of sp³-hybridized carbons (Fsp3) is 0.887. The molecular formula is C71H135NO5. The van der Waals surface area contributed by atoms with Crippen molar-refractivity contribution in [2.45, 2.75) is 392 Å². The van der Waals surface area contributed by atoms with Gasteiger partial charge in [0.2, 0.25) is 5.91 Å². The van der Waals surface area contributed by atoms with Crippen molar-refractivity contribution in [1.29, 1.82) is 0 Å². The maximum atomic E-state index is 12.4. The molecule has 454 valence electrons. The van der Waals surface area contributed by atoms with Gasteiger partial charge in [-0.25, -0.2) is 0 Å². The summed E-state index contributed by atoms with van der Waals surface area (Å²) in [6, 6.07) is -0.537. The van der Waals surface area contributed by atoms with Gasteiger partial charge in [0.1, 0.15) is 0 Å². The van der Waals surface area contributed by atoms with Crippen LogP contribution in [0.25, 0.3) is 0 Å². The van der Waals surface area contributed by atoms with Crippen LogP contribution in [0.1, 0.15) is 380 Å². The van der Waals surface area contributed by atoms with Crippen LogP contribution in [0.3, 0.4) is 0 Å². The molecule has 0 saturated carbocycles. The number of carbonyl (C=O) groups is 2. The van der Waals surface area contributed by atoms with Gasteiger partial charge in [0, 0.05) is 12.8 Å². The zero-order valence-corrected chi connectivity index (χ0v) is 52.0. The van der Waals surface area contributed by atoms with Crippen LogP contribution in [0, 0.1) is 0 Å². The van der Waals surface area contributed by atoms with E-state index in [1.54, 1.807) is 0 Å². The summed E-state index contributed by atoms with van der Waals surface area (Å²) in [5, 5.41) is 23.1. The van der Waals surface area contributed by atoms with Crippen LogP contribution >= 0.6 is 0 Å². The van der Waals surface area contributed by atoms with Gasteiger partial charge in [-0.2, -0.15) is 0 Å². The van der Waals surface area contributed by atoms with E-state index in [9.17, 15) is 19.8 Å². The van der Waals surface area contributed by atoms with Crippen molar-refractivity contribution in [3.05, 3.63) is 36.5 Å². The predicted octanol–water partition coefficient (Wildman–Crippen LogP) is 22.3. The number of hydrogen-bond acceptors (Lipinski definition) is 5. The molecule has 0 rings (SSSR count). The molecule has 0 saturated heterocycles. The lowest BCUT2D eigenvalue weighted by Crippen LogP contribution is -2.45. The number of hydrogen-bond donors (Lipinski definition) is 3. The molecule has 6 nitrogen and oxygen atoms in total. The normalized spacial score (nSPS) is 12.7. The average molecular weight is 1080 g/mol. The Morgan fingerprint density at radius 2 is 0.649 bits per heavy atom. The minimum Gasteiger partial charge on any atom is -0.466 e. The Bertz CT molecular complexity index is 1250. The number of ether oxygens (including phenoxy) is 1. The van der Waals surface area contributed by atoms with E-state index in [0.717, 1.165) is 51.4 Å². The monoisotopic (exact) mass is 1080 g/mol. The Balaban J connectivity index is 3.32. The van der Waals surface area contributed by atoms with Gasteiger partial charge >= 0.3 is 5.97 Å². The molecule has 0 aromatic carbocycles. The van der Waals surface area contributed by atoms with Crippen LogP contribution in [0.5, 0.6) is 0 Å². The first-order valence-electron chi connectivity index (χ1n) is 34.7. The van der Waals surface area contributed by atoms with Crippen LogP contribution in [-0.4, -0.2) is 47.4 Å². The van der Waals surface area contributed by atoms with Crippen molar-refractivity contribution >= 4 is 11.9 Å². The summed E-state index contributed by atoms with van der Waals surface area (Å²) in [7, 11) is 0. The summed E-state index contributed by atoms with van der Waals surface area (Å²) in [5.41, 5.74) is 0. The molecule has 0 aromatic rings. The lowest BCUT2D eigenvalue weighted by atomic mass is 10.0. The van der Waals surface area contributed by atoms with Gasteiger partial charge < -0.3 is 20.3 Å². The number of allylic oxidation sites excluding steroid dienone is 6. The molecule has 0 aliphatic carbocycles. The number of nitrogens with one attached hydrogen (secondary N) is 1. The summed E-state index contributed by atoms with van der Waals surface area (Å²) in [6.45, 7) is 4.93. The number of unbranched alkanes of at least 4 members (excludes halogenated alkanes) is 48. The fourth-order valence-corrected chi connectivity index (χ4v) is 10.8. The van der Waals surface area contributed by atoms with Gasteiger partial charge in [0.25, 0.3) is 0 Å². The van der Waals surface area contributed by atoms with E-state index in [1.165, 1.54) is 295 Å². The van der Waals surface area contributed by atoms with Gasteiger partial charge in [0.15, 0.2) is 0 Å². The fourth-order valence-electron chi connectivity index (χ4n) is 10.8. The first-order chi connectivity index (χ1) is 38.0. The van der Waals surface area contributed by atoms with E-state index in [4.69, 9.17) is 4.74 Å². The number of carbonyl (C=O) groups excluding carboxylic acids is 2. The van der Waals surface area contributed by atoms with E-state index >= 15 is 0 Å². The zero-order valence-electron chi connectivity index (χ0n) is 52.0. The third kappa shape index (κ3) is 63.1. The molecule has 0 aromatic heterocycles. The van der Waals surface area contributed by atoms with Crippen molar-refractivity contribution in [3.8, 4) is 0 Å². The highest BCUT2D eigenvalue weighted by atomic mass is 16.5. The largest absolute Gasteiger partial charge is 0.466 e. The van der Waals surface area contributed by atoms with Gasteiger partial charge in [-0.15, -0.1) is 0 Å². The van der Waals surface area contributed by atoms with Crippen molar-refractivity contribution in [2.75, 3.05) is 13.2 Å². The Morgan fingerprint density at radius 1 is 0.364 bits per heavy atom. The summed E-state index contributed by atoms with van der Waals surface area (Å²) >= 11 is 0. The molecule has 0 fully saturated rings. The average Bonchev–Trinajstić information content (AvgIpc) is 3.43. The smallest absolute Gasteiger partial charge is 0.305 e. The first-order valence-corrected chi connectivity index (χ1v) is 34.7. The summed E-state index contributed by atoms with van der Waals surface area (Å²) in [4.78, 5) is 24.4. The highest BCUT2D eigenvalue weighted by molar-refractivity contribution is 5.76. The van der Waals surface area contributed by atoms with Gasteiger partial charge in [-0.3, -0.25) is 9.59 Å². The third-order valence-corrected chi connectivity index (χ3v) is 16.2. The lowest BCUT2D eigenvalue weighted by molar-refractivity contribution is -0.143. The van der Waals surface area contributed by atoms with Crippen LogP contribution in [0.2, 0.25) is 0 Å². The summed E-state index contributed by atoms with van der Waals surface area (Å²) in [6.07, 6.45) is 85.1. The van der Waals surface area contributed by atoms with Crippen molar-refractivity contribution in [3.63, 3.8) is 0 Å². The van der Waals surface area contributed by atoms with Gasteiger partial charge in [-0.1, -0.05) is 320 Å². The van der Waals surface area contributed by atoms with E-state index in [2.05, 4.69) is 55.6 Å². The molecule has 0 bridgehead atoms. The topological polar surface area (TPSA) is 95.9 Å². The summed E-state index contributed by atoms with van der Waals surface area (Å²) < 4.78 is 5.47. The molecule has 77 heavy (non-hydrogen) atoms. The Labute approximate surface area is 481 Å². The molecule has 0 aliphatic rings. The van der Waals surface area contributed by atoms with Crippen LogP contribution in [0.15, 0.2) is 36.5 Å². The lowest BCUT2D eigenvalue weighted by Gasteiger charge is -2.22. The first kappa shape index (κ1) is 75.1. The number of aliphatic hydroxyl groups excluding tert-OH is 2. The minimum absolute atomic E-state index is 0.0102. The third-order valence-electron chi connectivity index (χ3n) is 16.2.